The van der Waals surface area contributed by atoms with Crippen molar-refractivity contribution >= 4 is 40.7 Å². The fourth-order valence-electron chi connectivity index (χ4n) is 6.91. The van der Waals surface area contributed by atoms with Gasteiger partial charge in [-0.1, -0.05) is 56.1 Å². The summed E-state index contributed by atoms with van der Waals surface area (Å²) in [6.07, 6.45) is 4.29. The Morgan fingerprint density at radius 1 is 1.26 bits per heavy atom. The molecule has 6 nitrogen and oxygen atoms in total. The highest BCUT2D eigenvalue weighted by molar-refractivity contribution is 6.31. The standard InChI is InChI=1S/C28H33Cl2F2N3O3/c1-26(2,3)12-20-28(15-8-18(31)17(30)9-19(15)34-25(28)37)21(14-6-5-7-16(29)22(14)32)23(35-20)24(36)33-13-10-27(4,38)11-13/h5-9,13-14,20-23,35,38H,10-12H2,1-4H3,(H,33,36)(H,34,37)/t13-,14?,20-,21-,22?,23+,27+,28+/m0/s1. The third kappa shape index (κ3) is 4.47. The number of alkyl halides is 1. The van der Waals surface area contributed by atoms with Crippen LogP contribution in [0.15, 0.2) is 35.4 Å². The Morgan fingerprint density at radius 3 is 2.58 bits per heavy atom. The van der Waals surface area contributed by atoms with Crippen LogP contribution in [-0.4, -0.2) is 46.8 Å². The van der Waals surface area contributed by atoms with Gasteiger partial charge in [0.05, 0.1) is 27.1 Å². The molecular formula is C28H33Cl2F2N3O3. The molecule has 0 aromatic heterocycles. The van der Waals surface area contributed by atoms with Gasteiger partial charge >= 0.3 is 0 Å². The Balaban J connectivity index is 1.66. The number of hydrogen-bond donors (Lipinski definition) is 4. The third-order valence-electron chi connectivity index (χ3n) is 8.37. The maximum absolute atomic E-state index is 15.8. The number of aliphatic hydroxyl groups is 1. The van der Waals surface area contributed by atoms with Crippen molar-refractivity contribution in [2.75, 3.05) is 5.32 Å². The van der Waals surface area contributed by atoms with Crippen molar-refractivity contribution < 1.29 is 23.5 Å². The van der Waals surface area contributed by atoms with Gasteiger partial charge in [-0.15, -0.1) is 0 Å². The van der Waals surface area contributed by atoms with E-state index in [1.165, 1.54) is 18.2 Å². The lowest BCUT2D eigenvalue weighted by atomic mass is 9.59. The van der Waals surface area contributed by atoms with E-state index in [1.54, 1.807) is 19.1 Å². The van der Waals surface area contributed by atoms with Crippen molar-refractivity contribution in [3.05, 3.63) is 51.8 Å². The Morgan fingerprint density at radius 2 is 1.95 bits per heavy atom. The summed E-state index contributed by atoms with van der Waals surface area (Å²) in [6.45, 7) is 7.73. The summed E-state index contributed by atoms with van der Waals surface area (Å²) in [7, 11) is 0. The lowest BCUT2D eigenvalue weighted by molar-refractivity contribution is -0.129. The zero-order valence-electron chi connectivity index (χ0n) is 21.7. The zero-order chi connectivity index (χ0) is 27.8. The van der Waals surface area contributed by atoms with Gasteiger partial charge in [-0.05, 0) is 55.4 Å². The van der Waals surface area contributed by atoms with Gasteiger partial charge in [0.25, 0.3) is 0 Å². The highest BCUT2D eigenvalue weighted by atomic mass is 35.5. The Hall–Kier alpha value is -2.00. The van der Waals surface area contributed by atoms with Crippen molar-refractivity contribution in [2.24, 2.45) is 17.3 Å². The average Bonchev–Trinajstić information content (AvgIpc) is 3.24. The molecule has 6 atom stereocenters. The molecule has 5 rings (SSSR count). The van der Waals surface area contributed by atoms with E-state index in [1.807, 2.05) is 20.8 Å². The normalized spacial score (nSPS) is 38.0. The molecule has 1 saturated heterocycles. The summed E-state index contributed by atoms with van der Waals surface area (Å²) in [4.78, 5) is 27.9. The molecule has 38 heavy (non-hydrogen) atoms. The molecule has 1 saturated carbocycles. The fraction of sp³-hybridized carbons (Fsp3) is 0.571. The quantitative estimate of drug-likeness (QED) is 0.423. The highest BCUT2D eigenvalue weighted by Crippen LogP contribution is 2.57. The molecule has 0 radical (unpaired) electrons. The van der Waals surface area contributed by atoms with Crippen LogP contribution in [0.3, 0.4) is 0 Å². The van der Waals surface area contributed by atoms with Gasteiger partial charge < -0.3 is 21.1 Å². The molecule has 0 bridgehead atoms. The van der Waals surface area contributed by atoms with Crippen molar-refractivity contribution in [2.45, 2.75) is 82.3 Å². The first-order chi connectivity index (χ1) is 17.6. The van der Waals surface area contributed by atoms with Gasteiger partial charge in [-0.3, -0.25) is 9.59 Å². The second-order valence-electron chi connectivity index (χ2n) is 12.6. The minimum atomic E-state index is -1.66. The van der Waals surface area contributed by atoms with Crippen molar-refractivity contribution in [3.63, 3.8) is 0 Å². The molecule has 10 heteroatoms. The molecule has 1 spiro atoms. The second kappa shape index (κ2) is 9.29. The van der Waals surface area contributed by atoms with Gasteiger partial charge in [-0.25, -0.2) is 8.78 Å². The van der Waals surface area contributed by atoms with Crippen LogP contribution in [0.25, 0.3) is 0 Å². The summed E-state index contributed by atoms with van der Waals surface area (Å²) in [5.41, 5.74) is -1.93. The van der Waals surface area contributed by atoms with Gasteiger partial charge in [0.1, 0.15) is 12.0 Å². The number of carbonyl (C=O) groups is 2. The first-order valence-electron chi connectivity index (χ1n) is 12.9. The van der Waals surface area contributed by atoms with Gasteiger partial charge in [0.15, 0.2) is 0 Å². The molecule has 2 heterocycles. The SMILES string of the molecule is CC(C)(C)C[C@@H]1N[C@@H](C(=O)N[C@H]2C[C@@](C)(O)C2)[C@H](C2C=CC=C(Cl)C2F)[C@]12C(=O)Nc1cc(Cl)c(F)cc12. The third-order valence-corrected chi connectivity index (χ3v) is 8.99. The van der Waals surface area contributed by atoms with Crippen molar-refractivity contribution in [3.8, 4) is 0 Å². The molecule has 1 aromatic rings. The molecule has 206 valence electrons. The Bertz CT molecular complexity index is 1240. The highest BCUT2D eigenvalue weighted by Gasteiger charge is 2.68. The number of rotatable bonds is 4. The number of amides is 2. The summed E-state index contributed by atoms with van der Waals surface area (Å²) in [6, 6.07) is 0.745. The number of hydrogen-bond acceptors (Lipinski definition) is 4. The average molecular weight is 568 g/mol. The molecule has 2 fully saturated rings. The van der Waals surface area contributed by atoms with E-state index in [0.717, 1.165) is 0 Å². The Kier molecular flexibility index (Phi) is 6.74. The number of carbonyl (C=O) groups excluding carboxylic acids is 2. The maximum atomic E-state index is 15.8. The van der Waals surface area contributed by atoms with E-state index in [-0.39, 0.29) is 21.5 Å². The van der Waals surface area contributed by atoms with Gasteiger partial charge in [0.2, 0.25) is 11.8 Å². The smallest absolute Gasteiger partial charge is 0.237 e. The van der Waals surface area contributed by atoms with Crippen LogP contribution >= 0.6 is 23.2 Å². The molecule has 2 unspecified atom stereocenters. The van der Waals surface area contributed by atoms with Crippen molar-refractivity contribution in [1.29, 1.82) is 0 Å². The number of nitrogens with one attached hydrogen (secondary N) is 3. The van der Waals surface area contributed by atoms with Crippen molar-refractivity contribution in [1.82, 2.24) is 10.6 Å². The minimum Gasteiger partial charge on any atom is -0.390 e. The lowest BCUT2D eigenvalue weighted by Gasteiger charge is -2.43. The first-order valence-corrected chi connectivity index (χ1v) is 13.7. The number of fused-ring (bicyclic) bond motifs is 2. The predicted molar refractivity (Wildman–Crippen MR) is 143 cm³/mol. The molecule has 2 aliphatic carbocycles. The number of allylic oxidation sites excluding steroid dienone is 4. The summed E-state index contributed by atoms with van der Waals surface area (Å²) in [5, 5.41) is 19.2. The van der Waals surface area contributed by atoms with Gasteiger partial charge in [0, 0.05) is 29.6 Å². The minimum absolute atomic E-state index is 0.0259. The largest absolute Gasteiger partial charge is 0.390 e. The first kappa shape index (κ1) is 27.6. The van der Waals surface area contributed by atoms with E-state index >= 15 is 4.39 Å². The van der Waals surface area contributed by atoms with Crippen LogP contribution in [0.5, 0.6) is 0 Å². The van der Waals surface area contributed by atoms with E-state index in [4.69, 9.17) is 23.2 Å². The molecule has 2 amide bonds. The topological polar surface area (TPSA) is 90.5 Å². The number of anilines is 1. The molecule has 4 aliphatic rings. The zero-order valence-corrected chi connectivity index (χ0v) is 23.3. The monoisotopic (exact) mass is 567 g/mol. The number of halogens is 4. The summed E-state index contributed by atoms with van der Waals surface area (Å²) in [5.74, 6) is -3.41. The van der Waals surface area contributed by atoms with E-state index in [2.05, 4.69) is 16.0 Å². The van der Waals surface area contributed by atoms with Crippen LogP contribution < -0.4 is 16.0 Å². The van der Waals surface area contributed by atoms with E-state index in [9.17, 15) is 19.1 Å². The molecule has 2 aliphatic heterocycles. The maximum Gasteiger partial charge on any atom is 0.237 e. The van der Waals surface area contributed by atoms with Crippen LogP contribution in [0.4, 0.5) is 14.5 Å². The summed E-state index contributed by atoms with van der Waals surface area (Å²) < 4.78 is 30.8. The van der Waals surface area contributed by atoms with Crippen LogP contribution in [-0.2, 0) is 15.0 Å². The second-order valence-corrected chi connectivity index (χ2v) is 13.5. The van der Waals surface area contributed by atoms with Crippen LogP contribution in [0, 0.1) is 23.1 Å². The Labute approximate surface area is 231 Å². The molecule has 1 aromatic carbocycles. The predicted octanol–water partition coefficient (Wildman–Crippen LogP) is 4.74. The van der Waals surface area contributed by atoms with Crippen LogP contribution in [0.1, 0.15) is 52.5 Å². The lowest BCUT2D eigenvalue weighted by Crippen LogP contribution is -2.58. The summed E-state index contributed by atoms with van der Waals surface area (Å²) >= 11 is 12.3. The molecular weight excluding hydrogens is 535 g/mol. The fourth-order valence-corrected chi connectivity index (χ4v) is 7.29. The number of benzene rings is 1. The molecule has 4 N–H and O–H groups in total. The van der Waals surface area contributed by atoms with Crippen LogP contribution in [0.2, 0.25) is 5.02 Å². The van der Waals surface area contributed by atoms with Gasteiger partial charge in [-0.2, -0.15) is 0 Å². The van der Waals surface area contributed by atoms with E-state index < -0.39 is 58.7 Å². The van der Waals surface area contributed by atoms with E-state index in [0.29, 0.717) is 30.5 Å².